The van der Waals surface area contributed by atoms with E-state index in [1.165, 1.54) is 68.2 Å². The molecule has 1 heterocycles. The zero-order valence-electron chi connectivity index (χ0n) is 11.9. The number of nitrogens with one attached hydrogen (secondary N) is 2. The molecule has 19 heavy (non-hydrogen) atoms. The lowest BCUT2D eigenvalue weighted by Gasteiger charge is -2.16. The van der Waals surface area contributed by atoms with E-state index in [2.05, 4.69) is 28.8 Å². The van der Waals surface area contributed by atoms with Crippen molar-refractivity contribution in [3.8, 4) is 0 Å². The summed E-state index contributed by atoms with van der Waals surface area (Å²) in [6, 6.07) is 7.71. The van der Waals surface area contributed by atoms with Gasteiger partial charge >= 0.3 is 0 Å². The number of hydrogen-bond donors (Lipinski definition) is 2. The van der Waals surface area contributed by atoms with Crippen LogP contribution >= 0.6 is 0 Å². The van der Waals surface area contributed by atoms with Crippen molar-refractivity contribution in [2.75, 3.05) is 18.4 Å². The molecule has 2 aliphatic rings. The summed E-state index contributed by atoms with van der Waals surface area (Å²) in [7, 11) is 0. The van der Waals surface area contributed by atoms with Gasteiger partial charge in [-0.15, -0.1) is 0 Å². The molecule has 2 N–H and O–H groups in total. The van der Waals surface area contributed by atoms with Gasteiger partial charge in [-0.3, -0.25) is 0 Å². The molecule has 1 aromatic carbocycles. The van der Waals surface area contributed by atoms with Gasteiger partial charge < -0.3 is 10.6 Å². The highest BCUT2D eigenvalue weighted by Gasteiger charge is 2.12. The molecule has 1 aliphatic heterocycles. The Morgan fingerprint density at radius 1 is 1.11 bits per heavy atom. The van der Waals surface area contributed by atoms with E-state index >= 15 is 0 Å². The minimum absolute atomic E-state index is 0.776. The Morgan fingerprint density at radius 2 is 1.95 bits per heavy atom. The lowest BCUT2D eigenvalue weighted by Crippen LogP contribution is -2.30. The van der Waals surface area contributed by atoms with Crippen molar-refractivity contribution in [1.82, 2.24) is 5.32 Å². The van der Waals surface area contributed by atoms with Crippen molar-refractivity contribution in [2.24, 2.45) is 0 Å². The molecule has 104 valence electrons. The second-order valence-electron chi connectivity index (χ2n) is 6.06. The number of anilines is 1. The van der Waals surface area contributed by atoms with Crippen LogP contribution in [-0.2, 0) is 12.8 Å². The largest absolute Gasteiger partial charge is 0.384 e. The van der Waals surface area contributed by atoms with Crippen LogP contribution in [0.5, 0.6) is 0 Å². The standard InChI is InChI=1S/C17H26N2/c1-2-4-6-16(5-3-1)18-11-9-14-7-8-17-15(13-14)10-12-19-17/h7-8,13,16,18-19H,1-6,9-12H2. The van der Waals surface area contributed by atoms with Gasteiger partial charge in [0.05, 0.1) is 0 Å². The second kappa shape index (κ2) is 6.42. The van der Waals surface area contributed by atoms with Crippen LogP contribution < -0.4 is 10.6 Å². The van der Waals surface area contributed by atoms with Crippen molar-refractivity contribution >= 4 is 5.69 Å². The fourth-order valence-electron chi connectivity index (χ4n) is 3.42. The maximum Gasteiger partial charge on any atom is 0.0373 e. The number of fused-ring (bicyclic) bond motifs is 1. The summed E-state index contributed by atoms with van der Waals surface area (Å²) in [6.07, 6.45) is 10.8. The Morgan fingerprint density at radius 3 is 2.79 bits per heavy atom. The van der Waals surface area contributed by atoms with Crippen LogP contribution in [0.1, 0.15) is 49.7 Å². The summed E-state index contributed by atoms with van der Waals surface area (Å²) in [4.78, 5) is 0. The average molecular weight is 258 g/mol. The Balaban J connectivity index is 1.46. The molecule has 0 saturated heterocycles. The van der Waals surface area contributed by atoms with Crippen molar-refractivity contribution in [2.45, 2.75) is 57.4 Å². The van der Waals surface area contributed by atoms with E-state index in [1.807, 2.05) is 0 Å². The molecule has 3 rings (SSSR count). The summed E-state index contributed by atoms with van der Waals surface area (Å²) in [6.45, 7) is 2.25. The summed E-state index contributed by atoms with van der Waals surface area (Å²) < 4.78 is 0. The summed E-state index contributed by atoms with van der Waals surface area (Å²) in [5, 5.41) is 7.19. The third kappa shape index (κ3) is 3.50. The van der Waals surface area contributed by atoms with Crippen LogP contribution in [0.2, 0.25) is 0 Å². The van der Waals surface area contributed by atoms with Crippen LogP contribution in [0.3, 0.4) is 0 Å². The van der Waals surface area contributed by atoms with E-state index in [0.29, 0.717) is 0 Å². The van der Waals surface area contributed by atoms with Crippen LogP contribution in [0.4, 0.5) is 5.69 Å². The van der Waals surface area contributed by atoms with Gasteiger partial charge in [-0.25, -0.2) is 0 Å². The molecular weight excluding hydrogens is 232 g/mol. The van der Waals surface area contributed by atoms with Crippen LogP contribution in [-0.4, -0.2) is 19.1 Å². The zero-order valence-corrected chi connectivity index (χ0v) is 11.9. The predicted molar refractivity (Wildman–Crippen MR) is 81.8 cm³/mol. The summed E-state index contributed by atoms with van der Waals surface area (Å²) >= 11 is 0. The predicted octanol–water partition coefficient (Wildman–Crippen LogP) is 3.51. The van der Waals surface area contributed by atoms with Crippen LogP contribution in [0, 0.1) is 0 Å². The molecule has 0 radical (unpaired) electrons. The van der Waals surface area contributed by atoms with E-state index in [0.717, 1.165) is 19.1 Å². The van der Waals surface area contributed by atoms with E-state index in [1.54, 1.807) is 0 Å². The highest BCUT2D eigenvalue weighted by Crippen LogP contribution is 2.23. The first-order chi connectivity index (χ1) is 9.42. The van der Waals surface area contributed by atoms with Gasteiger partial charge in [0.15, 0.2) is 0 Å². The highest BCUT2D eigenvalue weighted by molar-refractivity contribution is 5.56. The van der Waals surface area contributed by atoms with Crippen molar-refractivity contribution in [3.63, 3.8) is 0 Å². The molecule has 2 nitrogen and oxygen atoms in total. The minimum atomic E-state index is 0.776. The molecule has 1 aromatic rings. The molecule has 0 bridgehead atoms. The first-order valence-corrected chi connectivity index (χ1v) is 8.01. The number of rotatable bonds is 4. The summed E-state index contributed by atoms with van der Waals surface area (Å²) in [5.74, 6) is 0. The number of benzene rings is 1. The molecule has 1 saturated carbocycles. The minimum Gasteiger partial charge on any atom is -0.384 e. The molecule has 0 amide bonds. The molecule has 0 unspecified atom stereocenters. The van der Waals surface area contributed by atoms with Gasteiger partial charge in [0, 0.05) is 18.3 Å². The van der Waals surface area contributed by atoms with Crippen molar-refractivity contribution in [3.05, 3.63) is 29.3 Å². The van der Waals surface area contributed by atoms with Crippen LogP contribution in [0.25, 0.3) is 0 Å². The number of hydrogen-bond acceptors (Lipinski definition) is 2. The molecule has 0 spiro atoms. The SMILES string of the molecule is c1cc2c(cc1CCNC1CCCCCC1)CCN2. The quantitative estimate of drug-likeness (QED) is 0.808. The fraction of sp³-hybridized carbons (Fsp3) is 0.647. The monoisotopic (exact) mass is 258 g/mol. The Bertz CT molecular complexity index is 406. The van der Waals surface area contributed by atoms with Crippen molar-refractivity contribution in [1.29, 1.82) is 0 Å². The highest BCUT2D eigenvalue weighted by atomic mass is 14.9. The second-order valence-corrected chi connectivity index (χ2v) is 6.06. The van der Waals surface area contributed by atoms with Gasteiger partial charge in [0.25, 0.3) is 0 Å². The lowest BCUT2D eigenvalue weighted by atomic mass is 10.1. The van der Waals surface area contributed by atoms with Crippen molar-refractivity contribution < 1.29 is 0 Å². The Hall–Kier alpha value is -1.02. The van der Waals surface area contributed by atoms with Gasteiger partial charge in [0.2, 0.25) is 0 Å². The average Bonchev–Trinajstić information content (AvgIpc) is 2.74. The molecule has 0 aromatic heterocycles. The molecule has 1 fully saturated rings. The fourth-order valence-corrected chi connectivity index (χ4v) is 3.42. The van der Waals surface area contributed by atoms with Gasteiger partial charge in [-0.1, -0.05) is 37.8 Å². The van der Waals surface area contributed by atoms with E-state index in [4.69, 9.17) is 0 Å². The third-order valence-electron chi connectivity index (χ3n) is 4.58. The summed E-state index contributed by atoms with van der Waals surface area (Å²) in [5.41, 5.74) is 4.34. The van der Waals surface area contributed by atoms with Gasteiger partial charge in [-0.2, -0.15) is 0 Å². The van der Waals surface area contributed by atoms with Crippen LogP contribution in [0.15, 0.2) is 18.2 Å². The molecular formula is C17H26N2. The smallest absolute Gasteiger partial charge is 0.0373 e. The van der Waals surface area contributed by atoms with E-state index in [-0.39, 0.29) is 0 Å². The first-order valence-electron chi connectivity index (χ1n) is 8.01. The third-order valence-corrected chi connectivity index (χ3v) is 4.58. The zero-order chi connectivity index (χ0) is 12.9. The van der Waals surface area contributed by atoms with E-state index in [9.17, 15) is 0 Å². The van der Waals surface area contributed by atoms with Gasteiger partial charge in [0.1, 0.15) is 0 Å². The Labute approximate surface area is 117 Å². The Kier molecular flexibility index (Phi) is 4.39. The first kappa shape index (κ1) is 13.0. The maximum absolute atomic E-state index is 3.76. The molecule has 2 heteroatoms. The maximum atomic E-state index is 3.76. The lowest BCUT2D eigenvalue weighted by molar-refractivity contribution is 0.463. The van der Waals surface area contributed by atoms with E-state index < -0.39 is 0 Å². The topological polar surface area (TPSA) is 24.1 Å². The molecule has 0 atom stereocenters. The normalized spacial score (nSPS) is 19.8. The molecule has 1 aliphatic carbocycles. The van der Waals surface area contributed by atoms with Gasteiger partial charge in [-0.05, 0) is 49.4 Å².